The van der Waals surface area contributed by atoms with Crippen LogP contribution in [0.25, 0.3) is 0 Å². The fraction of sp³-hybridized carbons (Fsp3) is 0.385. The van der Waals surface area contributed by atoms with Crippen molar-refractivity contribution in [3.8, 4) is 0 Å². The van der Waals surface area contributed by atoms with Crippen molar-refractivity contribution in [1.29, 1.82) is 0 Å². The summed E-state index contributed by atoms with van der Waals surface area (Å²) in [6, 6.07) is 3.61. The van der Waals surface area contributed by atoms with Gasteiger partial charge in [-0.05, 0) is 40.9 Å². The molecule has 0 bridgehead atoms. The molecule has 0 unspecified atom stereocenters. The summed E-state index contributed by atoms with van der Waals surface area (Å²) < 4.78 is 6.21. The average molecular weight is 342 g/mol. The first-order chi connectivity index (χ1) is 9.15. The molecule has 0 aromatic heterocycles. The molecule has 1 fully saturated rings. The highest BCUT2D eigenvalue weighted by Gasteiger charge is 2.29. The quantitative estimate of drug-likeness (QED) is 0.840. The van der Waals surface area contributed by atoms with E-state index in [0.29, 0.717) is 16.5 Å². The highest BCUT2D eigenvalue weighted by atomic mass is 79.9. The number of fused-ring (bicyclic) bond motifs is 1. The molecule has 0 atom stereocenters. The van der Waals surface area contributed by atoms with Gasteiger partial charge in [-0.1, -0.05) is 0 Å². The van der Waals surface area contributed by atoms with Crippen molar-refractivity contribution in [3.05, 3.63) is 22.2 Å². The van der Waals surface area contributed by atoms with Gasteiger partial charge < -0.3 is 10.1 Å². The smallest absolute Gasteiger partial charge is 0.296 e. The molecule has 100 valence electrons. The number of nitrogens with one attached hydrogen (secondary N) is 1. The van der Waals surface area contributed by atoms with E-state index < -0.39 is 11.7 Å². The number of ketones is 1. The number of carbonyl (C=O) groups is 2. The highest BCUT2D eigenvalue weighted by Crippen LogP contribution is 2.39. The second-order valence-corrected chi connectivity index (χ2v) is 6.74. The van der Waals surface area contributed by atoms with E-state index in [0.717, 1.165) is 35.4 Å². The Labute approximate surface area is 123 Å². The lowest BCUT2D eigenvalue weighted by Crippen LogP contribution is -2.17. The molecule has 2 aliphatic rings. The summed E-state index contributed by atoms with van der Waals surface area (Å²) in [6.07, 6.45) is 2.05. The van der Waals surface area contributed by atoms with Crippen molar-refractivity contribution in [3.63, 3.8) is 0 Å². The number of anilines is 1. The van der Waals surface area contributed by atoms with Crippen LogP contribution in [0.15, 0.2) is 21.5 Å². The zero-order valence-electron chi connectivity index (χ0n) is 10.1. The van der Waals surface area contributed by atoms with Crippen molar-refractivity contribution in [2.24, 2.45) is 0 Å². The van der Waals surface area contributed by atoms with Crippen LogP contribution in [-0.2, 0) is 9.53 Å². The molecule has 0 saturated carbocycles. The summed E-state index contributed by atoms with van der Waals surface area (Å²) >= 11 is 5.25. The summed E-state index contributed by atoms with van der Waals surface area (Å²) in [5.41, 5.74) is 1.07. The summed E-state index contributed by atoms with van der Waals surface area (Å²) in [5.74, 6) is -1.01. The maximum Gasteiger partial charge on any atom is 0.296 e. The third-order valence-corrected chi connectivity index (χ3v) is 5.55. The van der Waals surface area contributed by atoms with Gasteiger partial charge in [-0.3, -0.25) is 9.59 Å². The Kier molecular flexibility index (Phi) is 3.64. The third-order valence-electron chi connectivity index (χ3n) is 3.23. The highest BCUT2D eigenvalue weighted by molar-refractivity contribution is 9.10. The minimum absolute atomic E-state index is 0.452. The number of amides is 1. The SMILES string of the molecule is O=C1Nc2cc(SC3CCOCC3)c(Br)cc2C1=O. The molecule has 0 spiro atoms. The van der Waals surface area contributed by atoms with Crippen LogP contribution in [-0.4, -0.2) is 30.2 Å². The van der Waals surface area contributed by atoms with Gasteiger partial charge in [0.25, 0.3) is 11.7 Å². The molecule has 6 heteroatoms. The lowest BCUT2D eigenvalue weighted by atomic mass is 10.1. The summed E-state index contributed by atoms with van der Waals surface area (Å²) in [4.78, 5) is 24.0. The number of hydrogen-bond donors (Lipinski definition) is 1. The molecule has 2 heterocycles. The van der Waals surface area contributed by atoms with Crippen LogP contribution in [0.2, 0.25) is 0 Å². The maximum absolute atomic E-state index is 11.6. The summed E-state index contributed by atoms with van der Waals surface area (Å²) in [7, 11) is 0. The van der Waals surface area contributed by atoms with Gasteiger partial charge >= 0.3 is 0 Å². The van der Waals surface area contributed by atoms with E-state index in [1.54, 1.807) is 17.8 Å². The normalized spacial score (nSPS) is 19.4. The fourth-order valence-corrected chi connectivity index (χ4v) is 3.98. The lowest BCUT2D eigenvalue weighted by molar-refractivity contribution is -0.112. The predicted molar refractivity (Wildman–Crippen MR) is 76.8 cm³/mol. The number of halogens is 1. The van der Waals surface area contributed by atoms with Crippen molar-refractivity contribution in [2.45, 2.75) is 23.0 Å². The zero-order chi connectivity index (χ0) is 13.4. The first-order valence-corrected chi connectivity index (χ1v) is 7.76. The number of benzene rings is 1. The molecule has 1 saturated heterocycles. The van der Waals surface area contributed by atoms with Gasteiger partial charge in [0.05, 0.1) is 11.3 Å². The molecular weight excluding hydrogens is 330 g/mol. The number of Topliss-reactive ketones (excluding diaryl/α,β-unsaturated/α-hetero) is 1. The largest absolute Gasteiger partial charge is 0.381 e. The molecular formula is C13H12BrNO3S. The van der Waals surface area contributed by atoms with Crippen LogP contribution in [0, 0.1) is 0 Å². The third kappa shape index (κ3) is 2.57. The first kappa shape index (κ1) is 13.1. The number of ether oxygens (including phenoxy) is 1. The van der Waals surface area contributed by atoms with Crippen LogP contribution < -0.4 is 5.32 Å². The van der Waals surface area contributed by atoms with Crippen LogP contribution in [0.1, 0.15) is 23.2 Å². The van der Waals surface area contributed by atoms with E-state index in [4.69, 9.17) is 4.74 Å². The molecule has 1 N–H and O–H groups in total. The predicted octanol–water partition coefficient (Wildman–Crippen LogP) is 2.86. The zero-order valence-corrected chi connectivity index (χ0v) is 12.5. The number of carbonyl (C=O) groups excluding carboxylic acids is 2. The number of thioether (sulfide) groups is 1. The topological polar surface area (TPSA) is 55.4 Å². The van der Waals surface area contributed by atoms with Gasteiger partial charge in [0.1, 0.15) is 0 Å². The van der Waals surface area contributed by atoms with Gasteiger partial charge in [0.15, 0.2) is 0 Å². The fourth-order valence-electron chi connectivity index (χ4n) is 2.21. The second kappa shape index (κ2) is 5.26. The summed E-state index contributed by atoms with van der Waals surface area (Å²) in [5, 5.41) is 3.13. The van der Waals surface area contributed by atoms with E-state index in [-0.39, 0.29) is 0 Å². The van der Waals surface area contributed by atoms with Crippen LogP contribution in [0.3, 0.4) is 0 Å². The Morgan fingerprint density at radius 3 is 2.74 bits per heavy atom. The van der Waals surface area contributed by atoms with Gasteiger partial charge in [-0.2, -0.15) is 0 Å². The minimum atomic E-state index is -0.546. The van der Waals surface area contributed by atoms with Crippen molar-refractivity contribution in [2.75, 3.05) is 18.5 Å². The molecule has 1 aromatic carbocycles. The Balaban J connectivity index is 1.85. The molecule has 0 radical (unpaired) electrons. The van der Waals surface area contributed by atoms with Gasteiger partial charge in [-0.25, -0.2) is 0 Å². The van der Waals surface area contributed by atoms with Crippen molar-refractivity contribution < 1.29 is 14.3 Å². The molecule has 1 amide bonds. The van der Waals surface area contributed by atoms with Gasteiger partial charge in [-0.15, -0.1) is 11.8 Å². The van der Waals surface area contributed by atoms with Crippen LogP contribution in [0.4, 0.5) is 5.69 Å². The van der Waals surface area contributed by atoms with E-state index in [1.807, 2.05) is 6.07 Å². The van der Waals surface area contributed by atoms with Crippen molar-refractivity contribution in [1.82, 2.24) is 0 Å². The van der Waals surface area contributed by atoms with Crippen LogP contribution in [0.5, 0.6) is 0 Å². The monoisotopic (exact) mass is 341 g/mol. The van der Waals surface area contributed by atoms with Crippen molar-refractivity contribution >= 4 is 45.1 Å². The maximum atomic E-state index is 11.6. The van der Waals surface area contributed by atoms with Crippen LogP contribution >= 0.6 is 27.7 Å². The molecule has 1 aromatic rings. The standard InChI is InChI=1S/C13H12BrNO3S/c14-9-5-8-10(15-13(17)12(8)16)6-11(9)19-7-1-3-18-4-2-7/h5-7H,1-4H2,(H,15,16,17). The molecule has 3 rings (SSSR count). The Morgan fingerprint density at radius 2 is 2.00 bits per heavy atom. The van der Waals surface area contributed by atoms with Gasteiger partial charge in [0, 0.05) is 27.8 Å². The average Bonchev–Trinajstić information content (AvgIpc) is 2.67. The molecule has 0 aliphatic carbocycles. The molecule has 2 aliphatic heterocycles. The molecule has 4 nitrogen and oxygen atoms in total. The lowest BCUT2D eigenvalue weighted by Gasteiger charge is -2.22. The Morgan fingerprint density at radius 1 is 1.26 bits per heavy atom. The summed E-state index contributed by atoms with van der Waals surface area (Å²) in [6.45, 7) is 1.60. The van der Waals surface area contributed by atoms with E-state index in [9.17, 15) is 9.59 Å². The van der Waals surface area contributed by atoms with E-state index in [1.165, 1.54) is 0 Å². The Hall–Kier alpha value is -0.850. The van der Waals surface area contributed by atoms with E-state index in [2.05, 4.69) is 21.2 Å². The first-order valence-electron chi connectivity index (χ1n) is 6.09. The minimum Gasteiger partial charge on any atom is -0.381 e. The second-order valence-electron chi connectivity index (χ2n) is 4.54. The molecule has 19 heavy (non-hydrogen) atoms. The Bertz CT molecular complexity index is 555. The number of hydrogen-bond acceptors (Lipinski definition) is 4. The van der Waals surface area contributed by atoms with Gasteiger partial charge in [0.2, 0.25) is 0 Å². The van der Waals surface area contributed by atoms with E-state index >= 15 is 0 Å². The number of rotatable bonds is 2.